The van der Waals surface area contributed by atoms with E-state index in [1.165, 1.54) is 66.4 Å². The molecule has 0 saturated carbocycles. The molecule has 1 unspecified atom stereocenters. The monoisotopic (exact) mass is 772 g/mol. The maximum atomic E-state index is 7.04. The molecule has 2 aliphatic carbocycles. The number of nitrogen functional groups attached to an aromatic ring is 1. The standard InChI is InChI=1S/C55H56N4/c1-37(19-17-24-40-21-7-6-20-38(40)2)18-5-10-27-45-43-25-11-12-26-44(43)48(36-51(45)56)46-28-14-16-31-52(46)58-54(57)59-53-47-29-13-15-30-49(47)55(3,4)50(53)35-39-32-33-41-22-8-9-23-42(41)34-39/h5-11,13-18,20-25,28-34,36,54,58-59H,12,19,26-27,35,56-57H2,1-4H3/b10-5-,24-17-,37-18+. The Balaban J connectivity index is 1.03. The van der Waals surface area contributed by atoms with Gasteiger partial charge in [-0.1, -0.05) is 171 Å². The van der Waals surface area contributed by atoms with Crippen molar-refractivity contribution in [3.05, 3.63) is 207 Å². The van der Waals surface area contributed by atoms with Crippen molar-refractivity contribution in [3.63, 3.8) is 0 Å². The molecule has 59 heavy (non-hydrogen) atoms. The number of anilines is 2. The summed E-state index contributed by atoms with van der Waals surface area (Å²) in [5.74, 6) is 0. The zero-order valence-corrected chi connectivity index (χ0v) is 34.9. The van der Waals surface area contributed by atoms with Crippen LogP contribution in [0.2, 0.25) is 0 Å². The maximum absolute atomic E-state index is 7.04. The third-order valence-corrected chi connectivity index (χ3v) is 12.2. The van der Waals surface area contributed by atoms with Gasteiger partial charge in [0.2, 0.25) is 0 Å². The van der Waals surface area contributed by atoms with Crippen molar-refractivity contribution < 1.29 is 0 Å². The summed E-state index contributed by atoms with van der Waals surface area (Å²) in [5, 5.41) is 9.94. The first-order valence-electron chi connectivity index (χ1n) is 21.0. The van der Waals surface area contributed by atoms with Gasteiger partial charge in [0.15, 0.2) is 0 Å². The van der Waals surface area contributed by atoms with E-state index in [9.17, 15) is 0 Å². The molecule has 0 fully saturated rings. The molecule has 0 saturated heterocycles. The van der Waals surface area contributed by atoms with E-state index in [4.69, 9.17) is 11.5 Å². The third-order valence-electron chi connectivity index (χ3n) is 12.2. The summed E-state index contributed by atoms with van der Waals surface area (Å²) in [7, 11) is 0. The Hall–Kier alpha value is -6.36. The quantitative estimate of drug-likeness (QED) is 0.0536. The second-order valence-electron chi connectivity index (χ2n) is 16.6. The van der Waals surface area contributed by atoms with Gasteiger partial charge in [0.05, 0.1) is 0 Å². The molecule has 4 nitrogen and oxygen atoms in total. The van der Waals surface area contributed by atoms with Gasteiger partial charge in [0.25, 0.3) is 0 Å². The summed E-state index contributed by atoms with van der Waals surface area (Å²) < 4.78 is 0. The molecular formula is C55H56N4. The predicted octanol–water partition coefficient (Wildman–Crippen LogP) is 12.7. The van der Waals surface area contributed by atoms with Gasteiger partial charge in [0.1, 0.15) is 6.29 Å². The van der Waals surface area contributed by atoms with Gasteiger partial charge in [-0.05, 0) is 119 Å². The molecule has 2 aliphatic rings. The SMILES string of the molecule is C/C(=C\C=C/Cc1c(N)cc(-c2ccccc2NC(N)NC2=C(Cc3ccc4ccccc4c3)C(C)(C)c3ccccc32)c2c1C=CCC2)C/C=C\c1ccccc1C. The molecule has 0 heterocycles. The third kappa shape index (κ3) is 8.46. The Kier molecular flexibility index (Phi) is 11.5. The van der Waals surface area contributed by atoms with Crippen molar-refractivity contribution in [2.24, 2.45) is 5.73 Å². The van der Waals surface area contributed by atoms with Crippen LogP contribution >= 0.6 is 0 Å². The highest BCUT2D eigenvalue weighted by atomic mass is 15.2. The Bertz CT molecular complexity index is 2670. The molecule has 296 valence electrons. The van der Waals surface area contributed by atoms with Crippen molar-refractivity contribution in [3.8, 4) is 11.1 Å². The Morgan fingerprint density at radius 2 is 1.54 bits per heavy atom. The van der Waals surface area contributed by atoms with E-state index in [1.807, 2.05) is 0 Å². The average Bonchev–Trinajstić information content (AvgIpc) is 3.45. The molecular weight excluding hydrogens is 717 g/mol. The summed E-state index contributed by atoms with van der Waals surface area (Å²) in [6.45, 7) is 9.00. The van der Waals surface area contributed by atoms with Crippen LogP contribution in [0.15, 0.2) is 163 Å². The highest BCUT2D eigenvalue weighted by molar-refractivity contribution is 5.87. The van der Waals surface area contributed by atoms with Crippen molar-refractivity contribution in [1.82, 2.24) is 5.32 Å². The molecule has 0 radical (unpaired) electrons. The summed E-state index contributed by atoms with van der Waals surface area (Å²) in [6, 6.07) is 43.2. The van der Waals surface area contributed by atoms with Crippen LogP contribution in [0.1, 0.15) is 78.1 Å². The number of benzene rings is 6. The fraction of sp³-hybridized carbons (Fsp3) is 0.200. The molecule has 0 aromatic heterocycles. The van der Waals surface area contributed by atoms with E-state index in [-0.39, 0.29) is 5.41 Å². The van der Waals surface area contributed by atoms with Crippen molar-refractivity contribution in [2.45, 2.75) is 71.5 Å². The van der Waals surface area contributed by atoms with Crippen molar-refractivity contribution in [1.29, 1.82) is 0 Å². The molecule has 6 aromatic rings. The highest BCUT2D eigenvalue weighted by Gasteiger charge is 2.38. The summed E-state index contributed by atoms with van der Waals surface area (Å²) in [5.41, 5.74) is 31.7. The minimum Gasteiger partial charge on any atom is -0.398 e. The van der Waals surface area contributed by atoms with Gasteiger partial charge in [-0.3, -0.25) is 5.73 Å². The van der Waals surface area contributed by atoms with Gasteiger partial charge >= 0.3 is 0 Å². The zero-order chi connectivity index (χ0) is 40.9. The van der Waals surface area contributed by atoms with Crippen LogP contribution in [0.3, 0.4) is 0 Å². The number of fused-ring (bicyclic) bond motifs is 3. The van der Waals surface area contributed by atoms with Crippen LogP contribution in [-0.2, 0) is 24.7 Å². The lowest BCUT2D eigenvalue weighted by molar-refractivity contribution is 0.616. The van der Waals surface area contributed by atoms with Gasteiger partial charge in [-0.25, -0.2) is 0 Å². The topological polar surface area (TPSA) is 76.1 Å². The van der Waals surface area contributed by atoms with Crippen LogP contribution in [0.5, 0.6) is 0 Å². The van der Waals surface area contributed by atoms with Crippen LogP contribution in [0.25, 0.3) is 39.7 Å². The molecule has 8 rings (SSSR count). The Labute approximate surface area is 350 Å². The lowest BCUT2D eigenvalue weighted by atomic mass is 9.79. The summed E-state index contributed by atoms with van der Waals surface area (Å²) in [6.07, 6.45) is 19.5. The lowest BCUT2D eigenvalue weighted by Crippen LogP contribution is -2.43. The zero-order valence-electron chi connectivity index (χ0n) is 34.9. The van der Waals surface area contributed by atoms with E-state index in [0.29, 0.717) is 0 Å². The molecule has 6 N–H and O–H groups in total. The number of rotatable bonds is 13. The largest absolute Gasteiger partial charge is 0.398 e. The number of aryl methyl sites for hydroxylation is 1. The minimum absolute atomic E-state index is 0.169. The van der Waals surface area contributed by atoms with Crippen molar-refractivity contribution in [2.75, 3.05) is 11.1 Å². The molecule has 4 heteroatoms. The van der Waals surface area contributed by atoms with E-state index in [1.54, 1.807) is 0 Å². The Morgan fingerprint density at radius 3 is 2.39 bits per heavy atom. The number of hydrogen-bond acceptors (Lipinski definition) is 4. The molecule has 0 spiro atoms. The first-order valence-corrected chi connectivity index (χ1v) is 21.0. The first kappa shape index (κ1) is 39.5. The number of hydrogen-bond donors (Lipinski definition) is 4. The van der Waals surface area contributed by atoms with Crippen LogP contribution in [-0.4, -0.2) is 6.29 Å². The van der Waals surface area contributed by atoms with E-state index in [2.05, 4.69) is 202 Å². The maximum Gasteiger partial charge on any atom is 0.150 e. The molecule has 0 bridgehead atoms. The fourth-order valence-electron chi connectivity index (χ4n) is 8.93. The number of nitrogens with two attached hydrogens (primary N) is 2. The van der Waals surface area contributed by atoms with Crippen LogP contribution < -0.4 is 22.1 Å². The fourth-order valence-corrected chi connectivity index (χ4v) is 8.93. The average molecular weight is 773 g/mol. The predicted molar refractivity (Wildman–Crippen MR) is 254 cm³/mol. The molecule has 1 atom stereocenters. The van der Waals surface area contributed by atoms with Crippen LogP contribution in [0.4, 0.5) is 11.4 Å². The van der Waals surface area contributed by atoms with Gasteiger partial charge in [0, 0.05) is 33.6 Å². The summed E-state index contributed by atoms with van der Waals surface area (Å²) in [4.78, 5) is 0. The van der Waals surface area contributed by atoms with Gasteiger partial charge < -0.3 is 16.4 Å². The minimum atomic E-state index is -0.549. The normalized spacial score (nSPS) is 15.2. The van der Waals surface area contributed by atoms with Gasteiger partial charge in [-0.2, -0.15) is 0 Å². The number of nitrogens with one attached hydrogen (secondary N) is 2. The number of para-hydroxylation sites is 1. The van der Waals surface area contributed by atoms with Crippen LogP contribution in [0, 0.1) is 6.92 Å². The van der Waals surface area contributed by atoms with Gasteiger partial charge in [-0.15, -0.1) is 0 Å². The number of allylic oxidation sites excluding steroid dienone is 7. The smallest absolute Gasteiger partial charge is 0.150 e. The first-order chi connectivity index (χ1) is 28.7. The molecule has 0 amide bonds. The summed E-state index contributed by atoms with van der Waals surface area (Å²) >= 11 is 0. The van der Waals surface area contributed by atoms with E-state index < -0.39 is 6.29 Å². The van der Waals surface area contributed by atoms with Crippen molar-refractivity contribution >= 4 is 40.0 Å². The van der Waals surface area contributed by atoms with E-state index in [0.717, 1.165) is 60.3 Å². The molecule has 6 aromatic carbocycles. The highest BCUT2D eigenvalue weighted by Crippen LogP contribution is 2.47. The molecule has 0 aliphatic heterocycles. The van der Waals surface area contributed by atoms with E-state index >= 15 is 0 Å². The second kappa shape index (κ2) is 17.2. The second-order valence-corrected chi connectivity index (χ2v) is 16.6. The Morgan fingerprint density at radius 1 is 0.797 bits per heavy atom. The lowest BCUT2D eigenvalue weighted by Gasteiger charge is -2.27.